The minimum Gasteiger partial charge on any atom is -0.298 e. The van der Waals surface area contributed by atoms with Crippen LogP contribution in [0.1, 0.15) is 40.5 Å². The molecule has 15 heavy (non-hydrogen) atoms. The van der Waals surface area contributed by atoms with Crippen LogP contribution in [0.3, 0.4) is 0 Å². The number of rotatable bonds is 2. The van der Waals surface area contributed by atoms with E-state index < -0.39 is 0 Å². The van der Waals surface area contributed by atoms with Crippen molar-refractivity contribution in [1.82, 2.24) is 9.80 Å². The first-order chi connectivity index (χ1) is 7.09. The van der Waals surface area contributed by atoms with Crippen molar-refractivity contribution < 1.29 is 0 Å². The molecule has 2 heteroatoms. The van der Waals surface area contributed by atoms with E-state index >= 15 is 0 Å². The maximum atomic E-state index is 2.73. The molecule has 2 saturated heterocycles. The molecular weight excluding hydrogens is 184 g/mol. The number of piperazine rings is 1. The first-order valence-corrected chi connectivity index (χ1v) is 6.59. The van der Waals surface area contributed by atoms with Gasteiger partial charge in [-0.25, -0.2) is 0 Å². The maximum absolute atomic E-state index is 2.73. The summed E-state index contributed by atoms with van der Waals surface area (Å²) in [4.78, 5) is 5.46. The Hall–Kier alpha value is -0.0800. The molecule has 0 amide bonds. The Labute approximate surface area is 94.6 Å². The summed E-state index contributed by atoms with van der Waals surface area (Å²) in [6.07, 6.45) is 2.84. The van der Waals surface area contributed by atoms with Crippen LogP contribution in [0, 0.1) is 5.92 Å². The first kappa shape index (κ1) is 11.4. The Kier molecular flexibility index (Phi) is 3.36. The van der Waals surface area contributed by atoms with E-state index in [1.54, 1.807) is 0 Å². The molecule has 2 nitrogen and oxygen atoms in total. The van der Waals surface area contributed by atoms with Gasteiger partial charge in [-0.1, -0.05) is 13.8 Å². The van der Waals surface area contributed by atoms with Gasteiger partial charge >= 0.3 is 0 Å². The normalized spacial score (nSPS) is 34.0. The summed E-state index contributed by atoms with van der Waals surface area (Å²) in [5, 5.41) is 0. The van der Waals surface area contributed by atoms with E-state index in [9.17, 15) is 0 Å². The van der Waals surface area contributed by atoms with E-state index in [1.165, 1.54) is 32.5 Å². The van der Waals surface area contributed by atoms with Gasteiger partial charge < -0.3 is 0 Å². The molecule has 2 aliphatic rings. The van der Waals surface area contributed by atoms with E-state index in [1.807, 2.05) is 0 Å². The maximum Gasteiger partial charge on any atom is 0.0249 e. The molecule has 0 N–H and O–H groups in total. The van der Waals surface area contributed by atoms with Crippen molar-refractivity contribution in [1.29, 1.82) is 0 Å². The Bertz CT molecular complexity index is 191. The minimum atomic E-state index is 0.708. The van der Waals surface area contributed by atoms with Gasteiger partial charge in [-0.2, -0.15) is 0 Å². The fraction of sp³-hybridized carbons (Fsp3) is 1.00. The average Bonchev–Trinajstić information content (AvgIpc) is 2.61. The van der Waals surface area contributed by atoms with Gasteiger partial charge in [0.1, 0.15) is 0 Å². The third kappa shape index (κ3) is 2.21. The SMILES string of the molecule is CC(C)C1CN2CCCC2CN1C(C)C. The van der Waals surface area contributed by atoms with E-state index in [2.05, 4.69) is 37.5 Å². The molecule has 0 spiro atoms. The predicted octanol–water partition coefficient (Wildman–Crippen LogP) is 2.20. The monoisotopic (exact) mass is 210 g/mol. The Morgan fingerprint density at radius 2 is 1.80 bits per heavy atom. The lowest BCUT2D eigenvalue weighted by Gasteiger charge is -2.47. The Balaban J connectivity index is 2.07. The highest BCUT2D eigenvalue weighted by molar-refractivity contribution is 4.94. The molecule has 0 aromatic carbocycles. The molecule has 2 fully saturated rings. The van der Waals surface area contributed by atoms with Crippen LogP contribution >= 0.6 is 0 Å². The first-order valence-electron chi connectivity index (χ1n) is 6.59. The summed E-state index contributed by atoms with van der Waals surface area (Å²) >= 11 is 0. The zero-order chi connectivity index (χ0) is 11.0. The van der Waals surface area contributed by atoms with Crippen molar-refractivity contribution >= 4 is 0 Å². The quantitative estimate of drug-likeness (QED) is 0.689. The molecule has 2 aliphatic heterocycles. The van der Waals surface area contributed by atoms with Crippen molar-refractivity contribution in [2.45, 2.75) is 58.7 Å². The summed E-state index contributed by atoms with van der Waals surface area (Å²) in [5.41, 5.74) is 0. The van der Waals surface area contributed by atoms with Crippen molar-refractivity contribution in [3.05, 3.63) is 0 Å². The molecule has 0 aliphatic carbocycles. The molecule has 2 heterocycles. The molecule has 0 bridgehead atoms. The lowest BCUT2D eigenvalue weighted by atomic mass is 9.96. The van der Waals surface area contributed by atoms with Crippen molar-refractivity contribution in [2.75, 3.05) is 19.6 Å². The summed E-state index contributed by atoms with van der Waals surface area (Å²) < 4.78 is 0. The average molecular weight is 210 g/mol. The van der Waals surface area contributed by atoms with E-state index in [-0.39, 0.29) is 0 Å². The fourth-order valence-electron chi connectivity index (χ4n) is 3.25. The van der Waals surface area contributed by atoms with Crippen LogP contribution < -0.4 is 0 Å². The number of nitrogens with zero attached hydrogens (tertiary/aromatic N) is 2. The van der Waals surface area contributed by atoms with Gasteiger partial charge in [0, 0.05) is 31.2 Å². The summed E-state index contributed by atoms with van der Waals surface area (Å²) in [7, 11) is 0. The van der Waals surface area contributed by atoms with Gasteiger partial charge in [0.05, 0.1) is 0 Å². The zero-order valence-corrected chi connectivity index (χ0v) is 10.7. The molecule has 0 radical (unpaired) electrons. The van der Waals surface area contributed by atoms with E-state index in [0.29, 0.717) is 6.04 Å². The Morgan fingerprint density at radius 1 is 1.07 bits per heavy atom. The molecule has 0 aromatic heterocycles. The topological polar surface area (TPSA) is 6.48 Å². The van der Waals surface area contributed by atoms with Gasteiger partial charge in [-0.05, 0) is 39.2 Å². The van der Waals surface area contributed by atoms with E-state index in [0.717, 1.165) is 18.0 Å². The summed E-state index contributed by atoms with van der Waals surface area (Å²) in [6.45, 7) is 13.4. The van der Waals surface area contributed by atoms with Crippen LogP contribution in [-0.2, 0) is 0 Å². The van der Waals surface area contributed by atoms with Crippen molar-refractivity contribution in [3.8, 4) is 0 Å². The highest BCUT2D eigenvalue weighted by Gasteiger charge is 2.38. The standard InChI is InChI=1S/C13H26N2/c1-10(2)13-9-14-7-5-6-12(14)8-15(13)11(3)4/h10-13H,5-9H2,1-4H3. The van der Waals surface area contributed by atoms with Crippen LogP contribution in [0.2, 0.25) is 0 Å². The summed E-state index contributed by atoms with van der Waals surface area (Å²) in [6, 6.07) is 2.35. The molecule has 2 atom stereocenters. The number of hydrogen-bond acceptors (Lipinski definition) is 2. The molecule has 88 valence electrons. The highest BCUT2D eigenvalue weighted by Crippen LogP contribution is 2.28. The van der Waals surface area contributed by atoms with Crippen molar-refractivity contribution in [3.63, 3.8) is 0 Å². The second-order valence-corrected chi connectivity index (χ2v) is 5.89. The Morgan fingerprint density at radius 3 is 2.40 bits per heavy atom. The minimum absolute atomic E-state index is 0.708. The van der Waals surface area contributed by atoms with Crippen LogP contribution in [0.5, 0.6) is 0 Å². The lowest BCUT2D eigenvalue weighted by Crippen LogP contribution is -2.59. The van der Waals surface area contributed by atoms with Crippen LogP contribution in [0.15, 0.2) is 0 Å². The van der Waals surface area contributed by atoms with Gasteiger partial charge in [0.25, 0.3) is 0 Å². The fourth-order valence-corrected chi connectivity index (χ4v) is 3.25. The largest absolute Gasteiger partial charge is 0.298 e. The lowest BCUT2D eigenvalue weighted by molar-refractivity contribution is 0.00943. The summed E-state index contributed by atoms with van der Waals surface area (Å²) in [5.74, 6) is 0.786. The van der Waals surface area contributed by atoms with Crippen LogP contribution in [0.4, 0.5) is 0 Å². The molecule has 2 unspecified atom stereocenters. The zero-order valence-electron chi connectivity index (χ0n) is 10.7. The second kappa shape index (κ2) is 4.42. The van der Waals surface area contributed by atoms with Gasteiger partial charge in [0.15, 0.2) is 0 Å². The van der Waals surface area contributed by atoms with Crippen molar-refractivity contribution in [2.24, 2.45) is 5.92 Å². The molecule has 0 saturated carbocycles. The van der Waals surface area contributed by atoms with Gasteiger partial charge in [0.2, 0.25) is 0 Å². The molecular formula is C13H26N2. The van der Waals surface area contributed by atoms with E-state index in [4.69, 9.17) is 0 Å². The predicted molar refractivity (Wildman–Crippen MR) is 65.1 cm³/mol. The smallest absolute Gasteiger partial charge is 0.0249 e. The third-order valence-electron chi connectivity index (χ3n) is 4.20. The second-order valence-electron chi connectivity index (χ2n) is 5.89. The number of hydrogen-bond donors (Lipinski definition) is 0. The van der Waals surface area contributed by atoms with Crippen LogP contribution in [-0.4, -0.2) is 47.6 Å². The van der Waals surface area contributed by atoms with Crippen LogP contribution in [0.25, 0.3) is 0 Å². The van der Waals surface area contributed by atoms with Gasteiger partial charge in [-0.15, -0.1) is 0 Å². The van der Waals surface area contributed by atoms with Gasteiger partial charge in [-0.3, -0.25) is 9.80 Å². The molecule has 2 rings (SSSR count). The number of fused-ring (bicyclic) bond motifs is 1. The third-order valence-corrected chi connectivity index (χ3v) is 4.20. The highest BCUT2D eigenvalue weighted by atomic mass is 15.3. The molecule has 0 aromatic rings.